The molecular weight excluding hydrogens is 293 g/mol. The van der Waals surface area contributed by atoms with Gasteiger partial charge >= 0.3 is 0 Å². The summed E-state index contributed by atoms with van der Waals surface area (Å²) in [5.41, 5.74) is 5.33. The fourth-order valence-electron chi connectivity index (χ4n) is 1.33. The second-order valence-electron chi connectivity index (χ2n) is 3.65. The Morgan fingerprint density at radius 1 is 1.26 bits per heavy atom. The monoisotopic (exact) mass is 301 g/mol. The van der Waals surface area contributed by atoms with E-state index < -0.39 is 15.8 Å². The molecule has 19 heavy (non-hydrogen) atoms. The number of sulfonamides is 1. The number of anilines is 2. The first-order chi connectivity index (χ1) is 8.88. The van der Waals surface area contributed by atoms with Crippen molar-refractivity contribution in [1.29, 1.82) is 0 Å². The quantitative estimate of drug-likeness (QED) is 0.910. The minimum atomic E-state index is -3.89. The number of pyridine rings is 1. The third-order valence-electron chi connectivity index (χ3n) is 2.24. The summed E-state index contributed by atoms with van der Waals surface area (Å²) in [5, 5.41) is 0.0911. The molecule has 2 rings (SSSR count). The van der Waals surface area contributed by atoms with E-state index in [1.807, 2.05) is 0 Å². The molecule has 3 N–H and O–H groups in total. The lowest BCUT2D eigenvalue weighted by Crippen LogP contribution is -2.13. The van der Waals surface area contributed by atoms with Crippen LogP contribution in [0.2, 0.25) is 5.02 Å². The molecule has 1 aromatic carbocycles. The van der Waals surface area contributed by atoms with Crippen molar-refractivity contribution >= 4 is 33.1 Å². The van der Waals surface area contributed by atoms with Crippen molar-refractivity contribution in [3.63, 3.8) is 0 Å². The van der Waals surface area contributed by atoms with Gasteiger partial charge in [0, 0.05) is 6.20 Å². The SMILES string of the molecule is Nc1ccc(S(=O)(=O)Nc2cc(F)ccc2Cl)cn1. The van der Waals surface area contributed by atoms with Gasteiger partial charge in [-0.3, -0.25) is 4.72 Å². The molecule has 1 aromatic heterocycles. The fourth-order valence-corrected chi connectivity index (χ4v) is 2.57. The summed E-state index contributed by atoms with van der Waals surface area (Å²) >= 11 is 5.79. The van der Waals surface area contributed by atoms with Crippen molar-refractivity contribution in [2.75, 3.05) is 10.5 Å². The van der Waals surface area contributed by atoms with Crippen molar-refractivity contribution in [1.82, 2.24) is 4.98 Å². The van der Waals surface area contributed by atoms with Gasteiger partial charge in [0.1, 0.15) is 16.5 Å². The summed E-state index contributed by atoms with van der Waals surface area (Å²) in [6, 6.07) is 6.02. The summed E-state index contributed by atoms with van der Waals surface area (Å²) < 4.78 is 39.2. The van der Waals surface area contributed by atoms with E-state index in [4.69, 9.17) is 17.3 Å². The lowest BCUT2D eigenvalue weighted by atomic mass is 10.3. The summed E-state index contributed by atoms with van der Waals surface area (Å²) in [4.78, 5) is 3.58. The zero-order valence-corrected chi connectivity index (χ0v) is 11.0. The predicted octanol–water partition coefficient (Wildman–Crippen LogP) is 2.26. The van der Waals surface area contributed by atoms with Crippen LogP contribution in [0.5, 0.6) is 0 Å². The molecule has 5 nitrogen and oxygen atoms in total. The molecule has 0 atom stereocenters. The number of rotatable bonds is 3. The van der Waals surface area contributed by atoms with Crippen LogP contribution in [0, 0.1) is 5.82 Å². The average Bonchev–Trinajstić information content (AvgIpc) is 2.34. The molecule has 100 valence electrons. The predicted molar refractivity (Wildman–Crippen MR) is 70.9 cm³/mol. The molecule has 0 aliphatic carbocycles. The van der Waals surface area contributed by atoms with Gasteiger partial charge in [0.05, 0.1) is 10.7 Å². The largest absolute Gasteiger partial charge is 0.384 e. The maximum Gasteiger partial charge on any atom is 0.263 e. The standard InChI is InChI=1S/C11H9ClFN3O2S/c12-9-3-1-7(13)5-10(9)16-19(17,18)8-2-4-11(14)15-6-8/h1-6,16H,(H2,14,15). The number of hydrogen-bond donors (Lipinski definition) is 2. The third-order valence-corrected chi connectivity index (χ3v) is 3.92. The minimum absolute atomic E-state index is 0.0431. The highest BCUT2D eigenvalue weighted by molar-refractivity contribution is 7.92. The number of benzene rings is 1. The van der Waals surface area contributed by atoms with Gasteiger partial charge in [-0.25, -0.2) is 17.8 Å². The van der Waals surface area contributed by atoms with E-state index in [2.05, 4.69) is 9.71 Å². The second-order valence-corrected chi connectivity index (χ2v) is 5.74. The number of halogens is 2. The van der Waals surface area contributed by atoms with Gasteiger partial charge in [-0.05, 0) is 30.3 Å². The van der Waals surface area contributed by atoms with Gasteiger partial charge in [0.2, 0.25) is 0 Å². The van der Waals surface area contributed by atoms with Crippen molar-refractivity contribution in [3.05, 3.63) is 47.4 Å². The molecular formula is C11H9ClFN3O2S. The Kier molecular flexibility index (Phi) is 3.59. The van der Waals surface area contributed by atoms with E-state index >= 15 is 0 Å². The van der Waals surface area contributed by atoms with E-state index in [-0.39, 0.29) is 21.4 Å². The zero-order chi connectivity index (χ0) is 14.0. The number of hydrogen-bond acceptors (Lipinski definition) is 4. The number of nitrogen functional groups attached to an aromatic ring is 1. The maximum atomic E-state index is 13.1. The van der Waals surface area contributed by atoms with Gasteiger partial charge in [-0.15, -0.1) is 0 Å². The summed E-state index contributed by atoms with van der Waals surface area (Å²) in [6.45, 7) is 0. The van der Waals surface area contributed by atoms with Gasteiger partial charge in [0.15, 0.2) is 0 Å². The molecule has 2 aromatic rings. The van der Waals surface area contributed by atoms with Gasteiger partial charge in [-0.2, -0.15) is 0 Å². The number of aromatic nitrogens is 1. The highest BCUT2D eigenvalue weighted by Gasteiger charge is 2.16. The first kappa shape index (κ1) is 13.6. The molecule has 0 aliphatic rings. The fraction of sp³-hybridized carbons (Fsp3) is 0. The first-order valence-corrected chi connectivity index (χ1v) is 6.94. The van der Waals surface area contributed by atoms with E-state index in [1.54, 1.807) is 0 Å². The van der Waals surface area contributed by atoms with Crippen LogP contribution < -0.4 is 10.5 Å². The Bertz CT molecular complexity index is 704. The van der Waals surface area contributed by atoms with Gasteiger partial charge < -0.3 is 5.73 Å². The zero-order valence-electron chi connectivity index (χ0n) is 9.47. The molecule has 0 fully saturated rings. The smallest absolute Gasteiger partial charge is 0.263 e. The Labute approximate surface area is 114 Å². The molecule has 8 heteroatoms. The van der Waals surface area contributed by atoms with Crippen molar-refractivity contribution in [2.45, 2.75) is 4.90 Å². The Morgan fingerprint density at radius 2 is 2.00 bits per heavy atom. The van der Waals surface area contributed by atoms with Crippen LogP contribution in [-0.4, -0.2) is 13.4 Å². The Balaban J connectivity index is 2.36. The average molecular weight is 302 g/mol. The van der Waals surface area contributed by atoms with E-state index in [1.165, 1.54) is 18.2 Å². The molecule has 0 aliphatic heterocycles. The Morgan fingerprint density at radius 3 is 2.63 bits per heavy atom. The Hall–Kier alpha value is -1.86. The van der Waals surface area contributed by atoms with Crippen LogP contribution in [0.15, 0.2) is 41.4 Å². The summed E-state index contributed by atoms with van der Waals surface area (Å²) in [5.74, 6) is -0.403. The van der Waals surface area contributed by atoms with Crippen LogP contribution in [-0.2, 0) is 10.0 Å². The lowest BCUT2D eigenvalue weighted by Gasteiger charge is -2.09. The highest BCUT2D eigenvalue weighted by Crippen LogP contribution is 2.25. The third kappa shape index (κ3) is 3.12. The van der Waals surface area contributed by atoms with Crippen LogP contribution in [0.1, 0.15) is 0 Å². The van der Waals surface area contributed by atoms with Crippen LogP contribution >= 0.6 is 11.6 Å². The number of nitrogens with two attached hydrogens (primary N) is 1. The van der Waals surface area contributed by atoms with Crippen LogP contribution in [0.25, 0.3) is 0 Å². The van der Waals surface area contributed by atoms with E-state index in [0.717, 1.165) is 18.3 Å². The van der Waals surface area contributed by atoms with Crippen molar-refractivity contribution in [3.8, 4) is 0 Å². The first-order valence-electron chi connectivity index (χ1n) is 5.08. The molecule has 0 bridgehead atoms. The molecule has 1 heterocycles. The van der Waals surface area contributed by atoms with Gasteiger partial charge in [0.25, 0.3) is 10.0 Å². The van der Waals surface area contributed by atoms with Crippen LogP contribution in [0.4, 0.5) is 15.9 Å². The summed E-state index contributed by atoms with van der Waals surface area (Å²) in [6.07, 6.45) is 1.10. The number of nitrogens with one attached hydrogen (secondary N) is 1. The maximum absolute atomic E-state index is 13.1. The normalized spacial score (nSPS) is 11.3. The molecule has 0 unspecified atom stereocenters. The van der Waals surface area contributed by atoms with E-state index in [9.17, 15) is 12.8 Å². The van der Waals surface area contributed by atoms with Gasteiger partial charge in [-0.1, -0.05) is 11.6 Å². The highest BCUT2D eigenvalue weighted by atomic mass is 35.5. The molecule has 0 saturated heterocycles. The molecule has 0 amide bonds. The second kappa shape index (κ2) is 5.02. The van der Waals surface area contributed by atoms with Crippen LogP contribution in [0.3, 0.4) is 0 Å². The molecule has 0 saturated carbocycles. The van der Waals surface area contributed by atoms with Crippen molar-refractivity contribution < 1.29 is 12.8 Å². The van der Waals surface area contributed by atoms with Crippen molar-refractivity contribution in [2.24, 2.45) is 0 Å². The molecule has 0 spiro atoms. The lowest BCUT2D eigenvalue weighted by molar-refractivity contribution is 0.600. The number of nitrogens with zero attached hydrogens (tertiary/aromatic N) is 1. The minimum Gasteiger partial charge on any atom is -0.384 e. The molecule has 0 radical (unpaired) electrons. The topological polar surface area (TPSA) is 85.1 Å². The summed E-state index contributed by atoms with van der Waals surface area (Å²) in [7, 11) is -3.89. The van der Waals surface area contributed by atoms with E-state index in [0.29, 0.717) is 0 Å².